The number of rotatable bonds is 1. The second-order valence-corrected chi connectivity index (χ2v) is 2.09. The molecule has 0 N–H and O–H groups in total. The Kier molecular flexibility index (Phi) is 1.86. The van der Waals surface area contributed by atoms with Crippen LogP contribution in [-0.4, -0.2) is 0 Å². The summed E-state index contributed by atoms with van der Waals surface area (Å²) in [5.41, 5.74) is 2.52. The second-order valence-electron chi connectivity index (χ2n) is 2.09. The minimum absolute atomic E-state index is 0.264. The number of hydrogen-bond donors (Lipinski definition) is 0. The zero-order chi connectivity index (χ0) is 6.69. The Morgan fingerprint density at radius 1 is 1.78 bits per heavy atom. The average Bonchev–Trinajstić information content (AvgIpc) is 1.90. The van der Waals surface area contributed by atoms with Crippen molar-refractivity contribution < 1.29 is 4.39 Å². The van der Waals surface area contributed by atoms with Gasteiger partial charge in [0.25, 0.3) is 0 Å². The molecule has 1 aliphatic carbocycles. The van der Waals surface area contributed by atoms with Crippen LogP contribution in [0.2, 0.25) is 0 Å². The Morgan fingerprint density at radius 3 is 3.00 bits per heavy atom. The van der Waals surface area contributed by atoms with E-state index < -0.39 is 0 Å². The van der Waals surface area contributed by atoms with E-state index in [1.807, 2.05) is 6.08 Å². The van der Waals surface area contributed by atoms with Gasteiger partial charge >= 0.3 is 0 Å². The van der Waals surface area contributed by atoms with Crippen molar-refractivity contribution >= 4 is 0 Å². The van der Waals surface area contributed by atoms with Crippen LogP contribution in [0.5, 0.6) is 0 Å². The molecule has 1 unspecified atom stereocenters. The van der Waals surface area contributed by atoms with Crippen molar-refractivity contribution in [1.29, 1.82) is 0 Å². The maximum atomic E-state index is 12.2. The lowest BCUT2D eigenvalue weighted by Crippen LogP contribution is -1.89. The van der Waals surface area contributed by atoms with E-state index in [1.165, 1.54) is 6.08 Å². The molecule has 0 nitrogen and oxygen atoms in total. The van der Waals surface area contributed by atoms with Crippen LogP contribution in [0.4, 0.5) is 4.39 Å². The van der Waals surface area contributed by atoms with E-state index in [-0.39, 0.29) is 5.83 Å². The number of allylic oxidation sites excluding steroid dienone is 3. The molecule has 0 heterocycles. The molecule has 0 aromatic heterocycles. The Morgan fingerprint density at radius 2 is 2.56 bits per heavy atom. The van der Waals surface area contributed by atoms with Crippen LogP contribution < -0.4 is 0 Å². The molecule has 0 aromatic carbocycles. The summed E-state index contributed by atoms with van der Waals surface area (Å²) in [4.78, 5) is 0. The highest BCUT2D eigenvalue weighted by Crippen LogP contribution is 2.12. The van der Waals surface area contributed by atoms with Gasteiger partial charge in [0.1, 0.15) is 0 Å². The predicted molar refractivity (Wildman–Crippen MR) is 35.6 cm³/mol. The van der Waals surface area contributed by atoms with Gasteiger partial charge in [-0.2, -0.15) is 4.39 Å². The highest BCUT2D eigenvalue weighted by Gasteiger charge is 1.99. The van der Waals surface area contributed by atoms with Gasteiger partial charge in [-0.3, -0.25) is 0 Å². The molecule has 1 rings (SSSR count). The lowest BCUT2D eigenvalue weighted by Gasteiger charge is -2.02. The maximum Gasteiger partial charge on any atom is 0.164 e. The average molecular weight is 124 g/mol. The standard InChI is InChI=1S/C8H9F/c1-2-7-3-5-8(9)6-4-7/h3-5,7H,2H2,1H3. The topological polar surface area (TPSA) is 0 Å². The molecular formula is C8H9F. The van der Waals surface area contributed by atoms with Crippen LogP contribution in [-0.2, 0) is 0 Å². The Hall–Kier alpha value is -0.810. The van der Waals surface area contributed by atoms with E-state index in [1.54, 1.807) is 6.08 Å². The van der Waals surface area contributed by atoms with Crippen LogP contribution in [0.3, 0.4) is 0 Å². The van der Waals surface area contributed by atoms with Gasteiger partial charge < -0.3 is 0 Å². The summed E-state index contributed by atoms with van der Waals surface area (Å²) in [6, 6.07) is 0. The van der Waals surface area contributed by atoms with Gasteiger partial charge in [0.15, 0.2) is 5.83 Å². The summed E-state index contributed by atoms with van der Waals surface area (Å²) in [7, 11) is 0. The fourth-order valence-electron chi connectivity index (χ4n) is 0.752. The third-order valence-electron chi connectivity index (χ3n) is 1.40. The molecule has 0 aromatic rings. The first-order valence-electron chi connectivity index (χ1n) is 3.13. The van der Waals surface area contributed by atoms with Crippen molar-refractivity contribution in [2.45, 2.75) is 13.3 Å². The molecule has 0 saturated carbocycles. The van der Waals surface area contributed by atoms with E-state index in [9.17, 15) is 4.39 Å². The summed E-state index contributed by atoms with van der Waals surface area (Å²) >= 11 is 0. The molecule has 0 radical (unpaired) electrons. The van der Waals surface area contributed by atoms with E-state index in [0.717, 1.165) is 6.42 Å². The zero-order valence-corrected chi connectivity index (χ0v) is 5.39. The summed E-state index contributed by atoms with van der Waals surface area (Å²) in [5.74, 6) is 0.129. The first-order chi connectivity index (χ1) is 4.33. The quantitative estimate of drug-likeness (QED) is 0.471. The van der Waals surface area contributed by atoms with Crippen molar-refractivity contribution in [3.8, 4) is 0 Å². The number of halogens is 1. The molecule has 1 aliphatic rings. The lowest BCUT2D eigenvalue weighted by atomic mass is 10.0. The Labute approximate surface area is 54.4 Å². The van der Waals surface area contributed by atoms with Gasteiger partial charge in [0, 0.05) is 5.92 Å². The lowest BCUT2D eigenvalue weighted by molar-refractivity contribution is 0.655. The van der Waals surface area contributed by atoms with Crippen molar-refractivity contribution in [2.75, 3.05) is 0 Å². The molecular weight excluding hydrogens is 115 g/mol. The summed E-state index contributed by atoms with van der Waals surface area (Å²) in [6.07, 6.45) is 6.10. The molecule has 9 heavy (non-hydrogen) atoms. The first kappa shape index (κ1) is 6.31. The van der Waals surface area contributed by atoms with Crippen LogP contribution in [0.25, 0.3) is 0 Å². The van der Waals surface area contributed by atoms with Gasteiger partial charge in [-0.15, -0.1) is 0 Å². The third-order valence-corrected chi connectivity index (χ3v) is 1.40. The van der Waals surface area contributed by atoms with Gasteiger partial charge in [0.2, 0.25) is 0 Å². The van der Waals surface area contributed by atoms with E-state index >= 15 is 0 Å². The molecule has 0 amide bonds. The summed E-state index contributed by atoms with van der Waals surface area (Å²) in [6.45, 7) is 2.07. The van der Waals surface area contributed by atoms with Crippen LogP contribution in [0.15, 0.2) is 29.8 Å². The van der Waals surface area contributed by atoms with Gasteiger partial charge in [0.05, 0.1) is 0 Å². The molecule has 0 fully saturated rings. The Bertz CT molecular complexity index is 183. The van der Waals surface area contributed by atoms with E-state index in [4.69, 9.17) is 0 Å². The SMILES string of the molecule is CCC1C=C=C(F)C=C1. The van der Waals surface area contributed by atoms with Crippen molar-refractivity contribution in [1.82, 2.24) is 0 Å². The van der Waals surface area contributed by atoms with Crippen molar-refractivity contribution in [3.63, 3.8) is 0 Å². The molecule has 0 saturated heterocycles. The van der Waals surface area contributed by atoms with Crippen LogP contribution >= 0.6 is 0 Å². The molecule has 1 atom stereocenters. The fraction of sp³-hybridized carbons (Fsp3) is 0.375. The van der Waals surface area contributed by atoms with E-state index in [2.05, 4.69) is 12.7 Å². The monoisotopic (exact) mass is 124 g/mol. The maximum absolute atomic E-state index is 12.2. The summed E-state index contributed by atoms with van der Waals surface area (Å²) < 4.78 is 12.2. The van der Waals surface area contributed by atoms with E-state index in [0.29, 0.717) is 5.92 Å². The molecule has 1 heteroatoms. The van der Waals surface area contributed by atoms with Crippen LogP contribution in [0, 0.1) is 5.92 Å². The van der Waals surface area contributed by atoms with Crippen molar-refractivity contribution in [2.24, 2.45) is 5.92 Å². The molecule has 0 bridgehead atoms. The predicted octanol–water partition coefficient (Wildman–Crippen LogP) is 2.59. The van der Waals surface area contributed by atoms with Gasteiger partial charge in [-0.1, -0.05) is 18.7 Å². The highest BCUT2D eigenvalue weighted by molar-refractivity contribution is 5.19. The molecule has 0 aliphatic heterocycles. The third kappa shape index (κ3) is 1.55. The highest BCUT2D eigenvalue weighted by atomic mass is 19.1. The largest absolute Gasteiger partial charge is 0.198 e. The van der Waals surface area contributed by atoms with Gasteiger partial charge in [-0.25, -0.2) is 0 Å². The normalized spacial score (nSPS) is 24.2. The zero-order valence-electron chi connectivity index (χ0n) is 5.39. The van der Waals surface area contributed by atoms with Crippen molar-refractivity contribution in [3.05, 3.63) is 29.8 Å². The summed E-state index contributed by atoms with van der Waals surface area (Å²) in [5, 5.41) is 0. The van der Waals surface area contributed by atoms with Crippen LogP contribution in [0.1, 0.15) is 13.3 Å². The first-order valence-corrected chi connectivity index (χ1v) is 3.13. The smallest absolute Gasteiger partial charge is 0.164 e. The van der Waals surface area contributed by atoms with Gasteiger partial charge in [-0.05, 0) is 18.6 Å². The Balaban J connectivity index is 2.72. The minimum Gasteiger partial charge on any atom is -0.198 e. The molecule has 48 valence electrons. The second kappa shape index (κ2) is 2.65. The fourth-order valence-corrected chi connectivity index (χ4v) is 0.752. The molecule has 0 spiro atoms. The minimum atomic E-state index is -0.264. The number of hydrogen-bond acceptors (Lipinski definition) is 0.